The topological polar surface area (TPSA) is 26.8 Å². The predicted octanol–water partition coefficient (Wildman–Crippen LogP) is 2.37. The van der Waals surface area contributed by atoms with Gasteiger partial charge in [0, 0.05) is 63.8 Å². The van der Waals surface area contributed by atoms with Gasteiger partial charge in [0.2, 0.25) is 5.91 Å². The lowest BCUT2D eigenvalue weighted by molar-refractivity contribution is -0.130. The predicted molar refractivity (Wildman–Crippen MR) is 93.2 cm³/mol. The van der Waals surface area contributed by atoms with Crippen LogP contribution in [0.1, 0.15) is 32.4 Å². The summed E-state index contributed by atoms with van der Waals surface area (Å²) in [6.45, 7) is 11.5. The fourth-order valence-electron chi connectivity index (χ4n) is 4.16. The van der Waals surface area contributed by atoms with E-state index in [2.05, 4.69) is 23.6 Å². The SMILES string of the molecule is CC(=O)N1CCN(C2CN(C(C)c3ccccc3F)CC2C)CC1. The van der Waals surface area contributed by atoms with Crippen LogP contribution in [0.25, 0.3) is 0 Å². The van der Waals surface area contributed by atoms with Gasteiger partial charge in [0.25, 0.3) is 0 Å². The van der Waals surface area contributed by atoms with Crippen LogP contribution >= 0.6 is 0 Å². The number of nitrogens with zero attached hydrogens (tertiary/aromatic N) is 3. The van der Waals surface area contributed by atoms with Crippen LogP contribution in [-0.4, -0.2) is 65.9 Å². The summed E-state index contributed by atoms with van der Waals surface area (Å²) in [5, 5.41) is 0. The summed E-state index contributed by atoms with van der Waals surface area (Å²) in [6.07, 6.45) is 0. The van der Waals surface area contributed by atoms with Crippen LogP contribution in [0.15, 0.2) is 24.3 Å². The van der Waals surface area contributed by atoms with E-state index in [4.69, 9.17) is 0 Å². The number of likely N-dealkylation sites (tertiary alicyclic amines) is 1. The first kappa shape index (κ1) is 17.4. The summed E-state index contributed by atoms with van der Waals surface area (Å²) in [5.41, 5.74) is 0.784. The molecule has 0 aliphatic carbocycles. The minimum absolute atomic E-state index is 0.0946. The lowest BCUT2D eigenvalue weighted by atomic mass is 10.0. The highest BCUT2D eigenvalue weighted by Crippen LogP contribution is 2.31. The molecule has 0 spiro atoms. The van der Waals surface area contributed by atoms with Gasteiger partial charge in [-0.25, -0.2) is 4.39 Å². The van der Waals surface area contributed by atoms with Crippen LogP contribution in [0, 0.1) is 11.7 Å². The van der Waals surface area contributed by atoms with Crippen LogP contribution in [0.2, 0.25) is 0 Å². The molecule has 0 aromatic heterocycles. The minimum Gasteiger partial charge on any atom is -0.340 e. The number of benzene rings is 1. The van der Waals surface area contributed by atoms with Gasteiger partial charge < -0.3 is 4.90 Å². The standard InChI is InChI=1S/C19H28FN3O/c1-14-12-23(15(2)17-6-4-5-7-18(17)20)13-19(14)22-10-8-21(9-11-22)16(3)24/h4-7,14-15,19H,8-13H2,1-3H3. The number of hydrogen-bond donors (Lipinski definition) is 0. The average molecular weight is 333 g/mol. The van der Waals surface area contributed by atoms with Crippen molar-refractivity contribution in [3.8, 4) is 0 Å². The molecule has 1 amide bonds. The third-order valence-corrected chi connectivity index (χ3v) is 5.73. The molecule has 0 bridgehead atoms. The molecule has 24 heavy (non-hydrogen) atoms. The molecule has 0 N–H and O–H groups in total. The van der Waals surface area contributed by atoms with Gasteiger partial charge in [-0.3, -0.25) is 14.6 Å². The number of amides is 1. The zero-order chi connectivity index (χ0) is 17.3. The van der Waals surface area contributed by atoms with E-state index < -0.39 is 0 Å². The summed E-state index contributed by atoms with van der Waals surface area (Å²) in [7, 11) is 0. The average Bonchev–Trinajstić information content (AvgIpc) is 2.96. The second-order valence-electron chi connectivity index (χ2n) is 7.24. The molecule has 132 valence electrons. The van der Waals surface area contributed by atoms with Crippen LogP contribution in [-0.2, 0) is 4.79 Å². The smallest absolute Gasteiger partial charge is 0.219 e. The molecule has 1 aromatic carbocycles. The molecule has 2 aliphatic rings. The highest BCUT2D eigenvalue weighted by atomic mass is 19.1. The van der Waals surface area contributed by atoms with Crippen molar-refractivity contribution in [1.29, 1.82) is 0 Å². The molecule has 3 unspecified atom stereocenters. The van der Waals surface area contributed by atoms with Crippen LogP contribution in [0.4, 0.5) is 4.39 Å². The normalized spacial score (nSPS) is 27.4. The Balaban J connectivity index is 1.63. The van der Waals surface area contributed by atoms with E-state index in [9.17, 15) is 9.18 Å². The first-order valence-electron chi connectivity index (χ1n) is 8.95. The molecule has 3 atom stereocenters. The molecule has 2 fully saturated rings. The van der Waals surface area contributed by atoms with E-state index in [1.165, 1.54) is 0 Å². The lowest BCUT2D eigenvalue weighted by Gasteiger charge is -2.39. The molecule has 1 aromatic rings. The maximum Gasteiger partial charge on any atom is 0.219 e. The Morgan fingerprint density at radius 3 is 2.46 bits per heavy atom. The zero-order valence-electron chi connectivity index (χ0n) is 14.9. The second-order valence-corrected chi connectivity index (χ2v) is 7.24. The molecule has 0 radical (unpaired) electrons. The molecule has 2 aliphatic heterocycles. The Morgan fingerprint density at radius 1 is 1.17 bits per heavy atom. The molecule has 0 saturated carbocycles. The van der Waals surface area contributed by atoms with Gasteiger partial charge in [-0.15, -0.1) is 0 Å². The highest BCUT2D eigenvalue weighted by Gasteiger charge is 2.37. The molecule has 2 saturated heterocycles. The molecule has 4 nitrogen and oxygen atoms in total. The Morgan fingerprint density at radius 2 is 1.83 bits per heavy atom. The van der Waals surface area contributed by atoms with Crippen LogP contribution < -0.4 is 0 Å². The molecular weight excluding hydrogens is 305 g/mol. The van der Waals surface area contributed by atoms with Gasteiger partial charge in [0.1, 0.15) is 5.82 Å². The quantitative estimate of drug-likeness (QED) is 0.850. The summed E-state index contributed by atoms with van der Waals surface area (Å²) in [6, 6.07) is 7.68. The van der Waals surface area contributed by atoms with Crippen molar-refractivity contribution in [3.63, 3.8) is 0 Å². The number of carbonyl (C=O) groups excluding carboxylic acids is 1. The van der Waals surface area contributed by atoms with E-state index in [1.807, 2.05) is 17.0 Å². The van der Waals surface area contributed by atoms with Crippen molar-refractivity contribution in [2.45, 2.75) is 32.9 Å². The number of halogens is 1. The third-order valence-electron chi connectivity index (χ3n) is 5.73. The second kappa shape index (κ2) is 7.19. The van der Waals surface area contributed by atoms with Gasteiger partial charge in [0.05, 0.1) is 0 Å². The fraction of sp³-hybridized carbons (Fsp3) is 0.632. The van der Waals surface area contributed by atoms with Crippen molar-refractivity contribution in [1.82, 2.24) is 14.7 Å². The van der Waals surface area contributed by atoms with Gasteiger partial charge >= 0.3 is 0 Å². The van der Waals surface area contributed by atoms with Crippen molar-refractivity contribution in [3.05, 3.63) is 35.6 Å². The highest BCUT2D eigenvalue weighted by molar-refractivity contribution is 5.73. The lowest BCUT2D eigenvalue weighted by Crippen LogP contribution is -2.53. The number of hydrogen-bond acceptors (Lipinski definition) is 3. The summed E-state index contributed by atoms with van der Waals surface area (Å²) < 4.78 is 14.1. The van der Waals surface area contributed by atoms with Gasteiger partial charge in [0.15, 0.2) is 0 Å². The van der Waals surface area contributed by atoms with E-state index in [0.717, 1.165) is 44.8 Å². The van der Waals surface area contributed by atoms with E-state index in [0.29, 0.717) is 12.0 Å². The molecular formula is C19H28FN3O. The first-order chi connectivity index (χ1) is 11.5. The van der Waals surface area contributed by atoms with Crippen molar-refractivity contribution in [2.75, 3.05) is 39.3 Å². The maximum absolute atomic E-state index is 14.1. The number of piperazine rings is 1. The van der Waals surface area contributed by atoms with Crippen molar-refractivity contribution >= 4 is 5.91 Å². The summed E-state index contributed by atoms with van der Waals surface area (Å²) >= 11 is 0. The Hall–Kier alpha value is -1.46. The van der Waals surface area contributed by atoms with Gasteiger partial charge in [-0.1, -0.05) is 25.1 Å². The zero-order valence-corrected chi connectivity index (χ0v) is 14.9. The van der Waals surface area contributed by atoms with Crippen LogP contribution in [0.5, 0.6) is 0 Å². The van der Waals surface area contributed by atoms with Gasteiger partial charge in [-0.2, -0.15) is 0 Å². The first-order valence-corrected chi connectivity index (χ1v) is 8.95. The van der Waals surface area contributed by atoms with E-state index >= 15 is 0 Å². The van der Waals surface area contributed by atoms with Gasteiger partial charge in [-0.05, 0) is 18.9 Å². The number of carbonyl (C=O) groups is 1. The molecule has 3 rings (SSSR count). The fourth-order valence-corrected chi connectivity index (χ4v) is 4.16. The Labute approximate surface area is 144 Å². The monoisotopic (exact) mass is 333 g/mol. The Bertz CT molecular complexity index is 586. The van der Waals surface area contributed by atoms with Crippen LogP contribution in [0.3, 0.4) is 0 Å². The molecule has 2 heterocycles. The minimum atomic E-state index is -0.115. The maximum atomic E-state index is 14.1. The number of rotatable bonds is 3. The Kier molecular flexibility index (Phi) is 5.21. The molecule has 5 heteroatoms. The van der Waals surface area contributed by atoms with E-state index in [1.54, 1.807) is 19.1 Å². The van der Waals surface area contributed by atoms with Crippen molar-refractivity contribution < 1.29 is 9.18 Å². The van der Waals surface area contributed by atoms with Crippen molar-refractivity contribution in [2.24, 2.45) is 5.92 Å². The summed E-state index contributed by atoms with van der Waals surface area (Å²) in [5.74, 6) is 0.614. The third kappa shape index (κ3) is 3.47. The van der Waals surface area contributed by atoms with E-state index in [-0.39, 0.29) is 17.8 Å². The largest absolute Gasteiger partial charge is 0.340 e. The summed E-state index contributed by atoms with van der Waals surface area (Å²) in [4.78, 5) is 18.3.